The maximum atomic E-state index is 10.7. The largest absolute Gasteiger partial charge is 0.478 e. The Morgan fingerprint density at radius 1 is 1.67 bits per heavy atom. The van der Waals surface area contributed by atoms with Crippen LogP contribution in [0.4, 0.5) is 5.69 Å². The number of carboxylic acid groups (broad SMARTS) is 1. The summed E-state index contributed by atoms with van der Waals surface area (Å²) in [7, 11) is 1.37. The predicted molar refractivity (Wildman–Crippen MR) is 57.4 cm³/mol. The molecule has 3 N–H and O–H groups in total. The Morgan fingerprint density at radius 2 is 2.33 bits per heavy atom. The first-order valence-corrected chi connectivity index (χ1v) is 4.33. The molecule has 0 aromatic heterocycles. The van der Waals surface area contributed by atoms with Gasteiger partial charge in [0.2, 0.25) is 0 Å². The molecule has 80 valence electrons. The lowest BCUT2D eigenvalue weighted by Crippen LogP contribution is -2.01. The maximum Gasteiger partial charge on any atom is 0.335 e. The number of hydrogen-bond acceptors (Lipinski definition) is 4. The molecular formula is C9H9ClN2O3. The molecule has 1 aromatic rings. The van der Waals surface area contributed by atoms with Crippen LogP contribution < -0.4 is 5.73 Å². The van der Waals surface area contributed by atoms with Crippen molar-refractivity contribution in [1.29, 1.82) is 0 Å². The van der Waals surface area contributed by atoms with Crippen LogP contribution in [0.25, 0.3) is 0 Å². The summed E-state index contributed by atoms with van der Waals surface area (Å²) in [6, 6.07) is 2.65. The summed E-state index contributed by atoms with van der Waals surface area (Å²) in [6.07, 6.45) is 1.30. The normalized spacial score (nSPS) is 10.5. The van der Waals surface area contributed by atoms with Crippen molar-refractivity contribution in [2.24, 2.45) is 5.16 Å². The zero-order chi connectivity index (χ0) is 11.4. The summed E-state index contributed by atoms with van der Waals surface area (Å²) in [4.78, 5) is 15.2. The monoisotopic (exact) mass is 228 g/mol. The highest BCUT2D eigenvalue weighted by atomic mass is 35.5. The quantitative estimate of drug-likeness (QED) is 0.468. The Hall–Kier alpha value is -1.75. The average molecular weight is 229 g/mol. The minimum Gasteiger partial charge on any atom is -0.478 e. The van der Waals surface area contributed by atoms with Gasteiger partial charge >= 0.3 is 5.97 Å². The third kappa shape index (κ3) is 2.60. The van der Waals surface area contributed by atoms with E-state index in [0.29, 0.717) is 5.56 Å². The molecule has 0 heterocycles. The number of anilines is 1. The van der Waals surface area contributed by atoms with Gasteiger partial charge in [0.1, 0.15) is 7.11 Å². The number of nitrogens with zero attached hydrogens (tertiary/aromatic N) is 1. The van der Waals surface area contributed by atoms with Gasteiger partial charge < -0.3 is 15.7 Å². The first-order valence-electron chi connectivity index (χ1n) is 3.95. The topological polar surface area (TPSA) is 84.9 Å². The van der Waals surface area contributed by atoms with Gasteiger partial charge in [-0.05, 0) is 12.1 Å². The first-order chi connectivity index (χ1) is 7.06. The van der Waals surface area contributed by atoms with E-state index in [4.69, 9.17) is 22.4 Å². The Balaban J connectivity index is 3.24. The third-order valence-electron chi connectivity index (χ3n) is 1.71. The molecule has 0 bridgehead atoms. The van der Waals surface area contributed by atoms with Crippen LogP contribution in [0.5, 0.6) is 0 Å². The Labute approximate surface area is 91.1 Å². The minimum atomic E-state index is -1.08. The number of halogens is 1. The Morgan fingerprint density at radius 3 is 2.87 bits per heavy atom. The SMILES string of the molecule is CO/N=C/c1cc(C(=O)O)cc(Cl)c1N. The van der Waals surface area contributed by atoms with Crippen molar-refractivity contribution < 1.29 is 14.7 Å². The molecule has 0 aliphatic carbocycles. The van der Waals surface area contributed by atoms with E-state index in [1.165, 1.54) is 25.5 Å². The van der Waals surface area contributed by atoms with Crippen LogP contribution in [-0.2, 0) is 4.84 Å². The standard InChI is InChI=1S/C9H9ClN2O3/c1-15-12-4-6-2-5(9(13)14)3-7(10)8(6)11/h2-4H,11H2,1H3,(H,13,14)/b12-4+. The van der Waals surface area contributed by atoms with E-state index in [1.807, 2.05) is 0 Å². The highest BCUT2D eigenvalue weighted by Gasteiger charge is 2.09. The molecule has 1 aromatic carbocycles. The predicted octanol–water partition coefficient (Wildman–Crippen LogP) is 1.60. The van der Waals surface area contributed by atoms with Crippen molar-refractivity contribution in [3.8, 4) is 0 Å². The zero-order valence-electron chi connectivity index (χ0n) is 7.90. The lowest BCUT2D eigenvalue weighted by molar-refractivity contribution is 0.0697. The van der Waals surface area contributed by atoms with Crippen molar-refractivity contribution in [2.75, 3.05) is 12.8 Å². The van der Waals surface area contributed by atoms with Gasteiger partial charge in [0.15, 0.2) is 0 Å². The number of rotatable bonds is 3. The summed E-state index contributed by atoms with van der Waals surface area (Å²) >= 11 is 5.75. The molecule has 0 aliphatic rings. The van der Waals surface area contributed by atoms with E-state index in [2.05, 4.69) is 9.99 Å². The van der Waals surface area contributed by atoms with Crippen LogP contribution in [-0.4, -0.2) is 24.4 Å². The van der Waals surface area contributed by atoms with Crippen molar-refractivity contribution in [1.82, 2.24) is 0 Å². The van der Waals surface area contributed by atoms with Crippen molar-refractivity contribution in [2.45, 2.75) is 0 Å². The van der Waals surface area contributed by atoms with E-state index >= 15 is 0 Å². The van der Waals surface area contributed by atoms with E-state index in [1.54, 1.807) is 0 Å². The molecule has 1 rings (SSSR count). The second kappa shape index (κ2) is 4.65. The minimum absolute atomic E-state index is 0.0479. The number of benzene rings is 1. The van der Waals surface area contributed by atoms with Gasteiger partial charge in [-0.25, -0.2) is 4.79 Å². The van der Waals surface area contributed by atoms with Gasteiger partial charge in [-0.2, -0.15) is 0 Å². The molecule has 0 amide bonds. The molecule has 0 unspecified atom stereocenters. The lowest BCUT2D eigenvalue weighted by Gasteiger charge is -2.04. The Bertz CT molecular complexity index is 418. The number of nitrogen functional groups attached to an aromatic ring is 1. The lowest BCUT2D eigenvalue weighted by atomic mass is 10.1. The van der Waals surface area contributed by atoms with Gasteiger partial charge in [-0.15, -0.1) is 0 Å². The molecule has 5 nitrogen and oxygen atoms in total. The average Bonchev–Trinajstić information content (AvgIpc) is 2.19. The third-order valence-corrected chi connectivity index (χ3v) is 2.02. The molecule has 15 heavy (non-hydrogen) atoms. The summed E-state index contributed by atoms with van der Waals surface area (Å²) in [5.74, 6) is -1.08. The molecule has 0 saturated heterocycles. The van der Waals surface area contributed by atoms with Gasteiger partial charge in [-0.1, -0.05) is 16.8 Å². The molecule has 0 saturated carbocycles. The number of aromatic carboxylic acids is 1. The Kier molecular flexibility index (Phi) is 3.51. The van der Waals surface area contributed by atoms with Crippen LogP contribution in [0.1, 0.15) is 15.9 Å². The van der Waals surface area contributed by atoms with E-state index < -0.39 is 5.97 Å². The second-order valence-electron chi connectivity index (χ2n) is 2.68. The van der Waals surface area contributed by atoms with Crippen LogP contribution in [0.15, 0.2) is 17.3 Å². The van der Waals surface area contributed by atoms with Crippen LogP contribution in [0.3, 0.4) is 0 Å². The summed E-state index contributed by atoms with van der Waals surface area (Å²) in [5.41, 5.74) is 6.34. The van der Waals surface area contributed by atoms with E-state index in [0.717, 1.165) is 0 Å². The summed E-state index contributed by atoms with van der Waals surface area (Å²) in [6.45, 7) is 0. The summed E-state index contributed by atoms with van der Waals surface area (Å²) in [5, 5.41) is 12.4. The zero-order valence-corrected chi connectivity index (χ0v) is 8.65. The fourth-order valence-electron chi connectivity index (χ4n) is 0.979. The number of carboxylic acids is 1. The molecule has 0 aliphatic heterocycles. The highest BCUT2D eigenvalue weighted by molar-refractivity contribution is 6.34. The molecule has 0 spiro atoms. The van der Waals surface area contributed by atoms with Crippen LogP contribution in [0, 0.1) is 0 Å². The molecule has 6 heteroatoms. The fourth-order valence-corrected chi connectivity index (χ4v) is 1.21. The van der Waals surface area contributed by atoms with Crippen LogP contribution in [0.2, 0.25) is 5.02 Å². The molecule has 0 radical (unpaired) electrons. The maximum absolute atomic E-state index is 10.7. The number of hydrogen-bond donors (Lipinski definition) is 2. The van der Waals surface area contributed by atoms with E-state index in [9.17, 15) is 4.79 Å². The first kappa shape index (κ1) is 11.3. The van der Waals surface area contributed by atoms with Gasteiger partial charge in [-0.3, -0.25) is 0 Å². The van der Waals surface area contributed by atoms with Gasteiger partial charge in [0.05, 0.1) is 22.5 Å². The molecular weight excluding hydrogens is 220 g/mol. The smallest absolute Gasteiger partial charge is 0.335 e. The van der Waals surface area contributed by atoms with Crippen molar-refractivity contribution >= 4 is 29.5 Å². The molecule has 0 atom stereocenters. The highest BCUT2D eigenvalue weighted by Crippen LogP contribution is 2.23. The fraction of sp³-hybridized carbons (Fsp3) is 0.111. The molecule has 0 fully saturated rings. The van der Waals surface area contributed by atoms with E-state index in [-0.39, 0.29) is 16.3 Å². The number of nitrogens with two attached hydrogens (primary N) is 1. The van der Waals surface area contributed by atoms with Gasteiger partial charge in [0, 0.05) is 5.56 Å². The second-order valence-corrected chi connectivity index (χ2v) is 3.09. The van der Waals surface area contributed by atoms with Gasteiger partial charge in [0.25, 0.3) is 0 Å². The number of carbonyl (C=O) groups is 1. The number of oxime groups is 1. The van der Waals surface area contributed by atoms with Crippen LogP contribution >= 0.6 is 11.6 Å². The van der Waals surface area contributed by atoms with Crippen molar-refractivity contribution in [3.63, 3.8) is 0 Å². The summed E-state index contributed by atoms with van der Waals surface area (Å²) < 4.78 is 0. The van der Waals surface area contributed by atoms with Crippen molar-refractivity contribution in [3.05, 3.63) is 28.3 Å².